The Labute approximate surface area is 392 Å². The highest BCUT2D eigenvalue weighted by Crippen LogP contribution is 2.42. The highest BCUT2D eigenvalue weighted by Gasteiger charge is 2.58. The monoisotopic (exact) mass is 940 g/mol. The van der Waals surface area contributed by atoms with E-state index < -0.39 is 64.0 Å². The zero-order valence-electron chi connectivity index (χ0n) is 36.2. The van der Waals surface area contributed by atoms with E-state index in [1.165, 1.54) is 5.38 Å². The topological polar surface area (TPSA) is 143 Å². The number of benzene rings is 5. The average Bonchev–Trinajstić information content (AvgIpc) is 4.08. The van der Waals surface area contributed by atoms with Crippen LogP contribution in [0.5, 0.6) is 0 Å². The summed E-state index contributed by atoms with van der Waals surface area (Å²) in [5.74, 6) is -2.67. The first-order chi connectivity index (χ1) is 32.6. The van der Waals surface area contributed by atoms with Gasteiger partial charge in [0.1, 0.15) is 28.3 Å². The summed E-state index contributed by atoms with van der Waals surface area (Å²) in [7, 11) is -1.82. The third-order valence-electron chi connectivity index (χ3n) is 12.4. The second-order valence-corrected chi connectivity index (χ2v) is 18.7. The minimum absolute atomic E-state index is 0.0276. The van der Waals surface area contributed by atoms with Crippen molar-refractivity contribution in [2.75, 3.05) is 24.2 Å². The van der Waals surface area contributed by atoms with Crippen molar-refractivity contribution in [1.29, 1.82) is 0 Å². The fraction of sp³-hybridized carbons (Fsp3) is 0.235. The summed E-state index contributed by atoms with van der Waals surface area (Å²) in [6.07, 6.45) is 1.06. The number of carbonyl (C=O) groups excluding carboxylic acids is 3. The Morgan fingerprint density at radius 3 is 1.82 bits per heavy atom. The van der Waals surface area contributed by atoms with Gasteiger partial charge in [-0.05, 0) is 66.2 Å². The van der Waals surface area contributed by atoms with Crippen LogP contribution in [0, 0.1) is 0 Å². The van der Waals surface area contributed by atoms with Gasteiger partial charge in [0.15, 0.2) is 16.9 Å². The number of likely N-dealkylation sites (tertiary alicyclic amines) is 1. The molecule has 3 aliphatic heterocycles. The van der Waals surface area contributed by atoms with Gasteiger partial charge in [0, 0.05) is 11.4 Å². The normalized spacial score (nSPS) is 19.2. The largest absolute Gasteiger partial charge is 0.448 e. The molecule has 3 unspecified atom stereocenters. The number of amides is 2. The molecule has 0 aliphatic carbocycles. The average molecular weight is 941 g/mol. The molecule has 67 heavy (non-hydrogen) atoms. The lowest BCUT2D eigenvalue weighted by molar-refractivity contribution is -0.154. The van der Waals surface area contributed by atoms with E-state index in [0.29, 0.717) is 21.8 Å². The molecular formula is C51H46F2N6O6S2. The van der Waals surface area contributed by atoms with Gasteiger partial charge < -0.3 is 20.2 Å². The minimum atomic E-state index is -3.39. The first kappa shape index (κ1) is 45.3. The maximum atomic E-state index is 14.7. The number of fused-ring (bicyclic) bond motifs is 1. The Kier molecular flexibility index (Phi) is 13.5. The number of anilines is 1. The number of rotatable bonds is 16. The molecule has 2 saturated heterocycles. The molecule has 2 amide bonds. The number of hydrogen-bond donors (Lipinski definition) is 2. The fourth-order valence-electron chi connectivity index (χ4n) is 9.10. The molecule has 5 aromatic carbocycles. The van der Waals surface area contributed by atoms with Gasteiger partial charge in [-0.25, -0.2) is 9.78 Å². The highest BCUT2D eigenvalue weighted by molar-refractivity contribution is 7.86. The maximum Gasteiger partial charge on any atom is 0.407 e. The molecule has 0 bridgehead atoms. The van der Waals surface area contributed by atoms with Crippen molar-refractivity contribution in [2.24, 2.45) is 5.16 Å². The van der Waals surface area contributed by atoms with E-state index in [1.54, 1.807) is 0 Å². The standard InChI is InChI=1S/C51H46F2N6O6S2/c1-33(58-29-17-18-30-58)39-32-67(63)47-42(46(61)59(47)43(39)48(62)64-44(34-19-7-2-8-20-34)35-21-9-3-10-22-35)55-45(60)41(57-65-49(52)53)40-31-66-50(54-40)56-51(36-23-11-4-12-24-36,37-25-13-5-14-26-37)38-27-15-6-16-28-38/h2-16,19-28,31,33,42,44,47,49H,17-18,29-30,32H2,1H3,(H,54,56)(H,55,60)/t33?,42?,47-,67?/m1/s1. The molecule has 4 atom stereocenters. The van der Waals surface area contributed by atoms with Crippen LogP contribution in [0.25, 0.3) is 0 Å². The predicted octanol–water partition coefficient (Wildman–Crippen LogP) is 7.98. The molecule has 9 rings (SSSR count). The SMILES string of the molecule is CC(C1=C(C(=O)OC(c2ccccc2)c2ccccc2)N2C(=O)C(NC(=O)C(=NOC(F)F)c3csc(NC(c4ccccc4)(c4ccccc4)c4ccccc4)n3)[C@H]2S(=O)C1)N1CCCC1. The van der Waals surface area contributed by atoms with Crippen molar-refractivity contribution < 1.29 is 36.9 Å². The van der Waals surface area contributed by atoms with E-state index in [0.717, 1.165) is 58.9 Å². The zero-order chi connectivity index (χ0) is 46.5. The van der Waals surface area contributed by atoms with Crippen LogP contribution in [0.3, 0.4) is 0 Å². The lowest BCUT2D eigenvalue weighted by Gasteiger charge is -2.50. The number of ether oxygens (including phenoxy) is 1. The number of nitrogens with one attached hydrogen (secondary N) is 2. The summed E-state index contributed by atoms with van der Waals surface area (Å²) in [4.78, 5) is 55.7. The molecule has 2 fully saturated rings. The van der Waals surface area contributed by atoms with Crippen molar-refractivity contribution in [3.05, 3.63) is 202 Å². The van der Waals surface area contributed by atoms with E-state index in [2.05, 4.69) is 30.5 Å². The van der Waals surface area contributed by atoms with E-state index in [1.807, 2.05) is 159 Å². The van der Waals surface area contributed by atoms with E-state index in [4.69, 9.17) is 4.74 Å². The fourth-order valence-corrected chi connectivity index (χ4v) is 11.6. The number of carbonyl (C=O) groups is 3. The predicted molar refractivity (Wildman–Crippen MR) is 252 cm³/mol. The summed E-state index contributed by atoms with van der Waals surface area (Å²) in [6.45, 7) is 0.0503. The second-order valence-electron chi connectivity index (χ2n) is 16.3. The Morgan fingerprint density at radius 1 is 0.806 bits per heavy atom. The number of β-lactam (4-membered cyclic amide) rings is 1. The summed E-state index contributed by atoms with van der Waals surface area (Å²) in [5, 5.41) is 10.3. The van der Waals surface area contributed by atoms with Gasteiger partial charge in [0.25, 0.3) is 11.8 Å². The number of oxime groups is 1. The van der Waals surface area contributed by atoms with Crippen LogP contribution in [0.2, 0.25) is 0 Å². The second kappa shape index (κ2) is 19.9. The van der Waals surface area contributed by atoms with Crippen molar-refractivity contribution >= 4 is 50.8 Å². The minimum Gasteiger partial charge on any atom is -0.448 e. The highest BCUT2D eigenvalue weighted by atomic mass is 32.2. The summed E-state index contributed by atoms with van der Waals surface area (Å²) in [6, 6.07) is 45.8. The molecule has 0 spiro atoms. The summed E-state index contributed by atoms with van der Waals surface area (Å²) < 4.78 is 47.9. The molecule has 6 aromatic rings. The smallest absolute Gasteiger partial charge is 0.407 e. The number of esters is 1. The number of nitrogens with zero attached hydrogens (tertiary/aromatic N) is 4. The molecular weight excluding hydrogens is 895 g/mol. The lowest BCUT2D eigenvalue weighted by atomic mass is 9.77. The molecule has 342 valence electrons. The number of aromatic nitrogens is 1. The maximum absolute atomic E-state index is 14.7. The van der Waals surface area contributed by atoms with Crippen LogP contribution in [-0.4, -0.2) is 85.4 Å². The van der Waals surface area contributed by atoms with Gasteiger partial charge in [-0.1, -0.05) is 157 Å². The first-order valence-corrected chi connectivity index (χ1v) is 24.1. The Bertz CT molecular complexity index is 2660. The Balaban J connectivity index is 1.02. The van der Waals surface area contributed by atoms with Crippen molar-refractivity contribution in [1.82, 2.24) is 20.1 Å². The molecule has 12 nitrogen and oxygen atoms in total. The van der Waals surface area contributed by atoms with Gasteiger partial charge in [0.2, 0.25) is 0 Å². The molecule has 0 radical (unpaired) electrons. The van der Waals surface area contributed by atoms with E-state index >= 15 is 0 Å². The molecule has 16 heteroatoms. The van der Waals surface area contributed by atoms with Gasteiger partial charge in [-0.2, -0.15) is 8.78 Å². The van der Waals surface area contributed by atoms with Crippen LogP contribution in [0.4, 0.5) is 13.9 Å². The third kappa shape index (κ3) is 9.16. The summed E-state index contributed by atoms with van der Waals surface area (Å²) in [5.41, 5.74) is 2.71. The lowest BCUT2D eigenvalue weighted by Crippen LogP contribution is -2.74. The van der Waals surface area contributed by atoms with Crippen LogP contribution in [0.15, 0.2) is 173 Å². The molecule has 1 aromatic heterocycles. The quantitative estimate of drug-likeness (QED) is 0.0325. The van der Waals surface area contributed by atoms with Crippen LogP contribution in [0.1, 0.15) is 59.4 Å². The number of hydrogen-bond acceptors (Lipinski definition) is 11. The summed E-state index contributed by atoms with van der Waals surface area (Å²) >= 11 is 1.10. The first-order valence-electron chi connectivity index (χ1n) is 21.9. The number of alkyl halides is 2. The van der Waals surface area contributed by atoms with Crippen molar-refractivity contribution in [3.63, 3.8) is 0 Å². The van der Waals surface area contributed by atoms with Crippen LogP contribution in [-0.2, 0) is 40.3 Å². The zero-order valence-corrected chi connectivity index (χ0v) is 37.9. The van der Waals surface area contributed by atoms with Crippen molar-refractivity contribution in [3.8, 4) is 0 Å². The number of halogens is 2. The van der Waals surface area contributed by atoms with Gasteiger partial charge in [0.05, 0.1) is 16.6 Å². The van der Waals surface area contributed by atoms with E-state index in [9.17, 15) is 27.4 Å². The number of thiazole rings is 1. The van der Waals surface area contributed by atoms with Gasteiger partial charge in [-0.15, -0.1) is 11.3 Å². The van der Waals surface area contributed by atoms with Gasteiger partial charge in [-0.3, -0.25) is 23.6 Å². The molecule has 0 saturated carbocycles. The molecule has 3 aliphatic rings. The Morgan fingerprint density at radius 2 is 1.31 bits per heavy atom. The van der Waals surface area contributed by atoms with Crippen LogP contribution < -0.4 is 10.6 Å². The van der Waals surface area contributed by atoms with E-state index in [-0.39, 0.29) is 23.2 Å². The van der Waals surface area contributed by atoms with Crippen molar-refractivity contribution in [2.45, 2.75) is 55.5 Å². The molecule has 4 heterocycles. The van der Waals surface area contributed by atoms with Gasteiger partial charge >= 0.3 is 12.6 Å². The van der Waals surface area contributed by atoms with Crippen LogP contribution >= 0.6 is 11.3 Å². The Hall–Kier alpha value is -6.88. The molecule has 2 N–H and O–H groups in total. The third-order valence-corrected chi connectivity index (χ3v) is 14.7.